The van der Waals surface area contributed by atoms with Crippen molar-refractivity contribution in [3.8, 4) is 5.75 Å². The molecule has 0 saturated heterocycles. The molecule has 1 heterocycles. The lowest BCUT2D eigenvalue weighted by Gasteiger charge is -2.28. The number of H-pyrrole nitrogens is 1. The van der Waals surface area contributed by atoms with Gasteiger partial charge in [-0.3, -0.25) is 43.2 Å². The molecular weight excluding hydrogens is 975 g/mol. The van der Waals surface area contributed by atoms with Crippen LogP contribution in [-0.4, -0.2) is 133 Å². The van der Waals surface area contributed by atoms with Gasteiger partial charge >= 0.3 is 17.9 Å². The summed E-state index contributed by atoms with van der Waals surface area (Å²) in [7, 11) is 0. The summed E-state index contributed by atoms with van der Waals surface area (Å²) in [4.78, 5) is 135. The smallest absolute Gasteiger partial charge is 0.326 e. The molecule has 7 amide bonds. The van der Waals surface area contributed by atoms with Crippen molar-refractivity contribution in [1.29, 1.82) is 0 Å². The van der Waals surface area contributed by atoms with Gasteiger partial charge in [0.25, 0.3) is 0 Å². The lowest BCUT2D eigenvalue weighted by atomic mass is 9.97. The van der Waals surface area contributed by atoms with E-state index in [1.807, 2.05) is 18.2 Å². The van der Waals surface area contributed by atoms with E-state index in [2.05, 4.69) is 42.2 Å². The highest BCUT2D eigenvalue weighted by molar-refractivity contribution is 5.98. The number of rotatable bonds is 29. The number of carboxylic acids is 3. The van der Waals surface area contributed by atoms with Gasteiger partial charge in [-0.25, -0.2) is 4.79 Å². The largest absolute Gasteiger partial charge is 0.508 e. The number of hydrogen-bond donors (Lipinski definition) is 13. The number of phenolic OH excluding ortho intramolecular Hbond substituents is 1. The number of phenols is 1. The predicted molar refractivity (Wildman–Crippen MR) is 272 cm³/mol. The summed E-state index contributed by atoms with van der Waals surface area (Å²) in [6.07, 6.45) is -0.327. The van der Waals surface area contributed by atoms with E-state index in [1.54, 1.807) is 70.3 Å². The van der Waals surface area contributed by atoms with Crippen LogP contribution in [0.5, 0.6) is 5.75 Å². The molecule has 75 heavy (non-hydrogen) atoms. The summed E-state index contributed by atoms with van der Waals surface area (Å²) in [5.74, 6) is -11.6. The first-order valence-electron chi connectivity index (χ1n) is 24.4. The van der Waals surface area contributed by atoms with Crippen LogP contribution >= 0.6 is 0 Å². The van der Waals surface area contributed by atoms with Crippen molar-refractivity contribution in [2.45, 2.75) is 128 Å². The Bertz CT molecular complexity index is 2660. The van der Waals surface area contributed by atoms with Gasteiger partial charge in [0.05, 0.1) is 12.5 Å². The van der Waals surface area contributed by atoms with Crippen molar-refractivity contribution < 1.29 is 68.4 Å². The van der Waals surface area contributed by atoms with E-state index in [0.717, 1.165) is 10.9 Å². The Balaban J connectivity index is 1.56. The summed E-state index contributed by atoms with van der Waals surface area (Å²) in [6.45, 7) is 7.88. The van der Waals surface area contributed by atoms with Crippen molar-refractivity contribution in [3.63, 3.8) is 0 Å². The lowest BCUT2D eigenvalue weighted by Crippen LogP contribution is -2.61. The fraction of sp³-hybridized carbons (Fsp3) is 0.423. The molecule has 0 aliphatic heterocycles. The molecule has 0 unspecified atom stereocenters. The average Bonchev–Trinajstić information content (AvgIpc) is 3.77. The van der Waals surface area contributed by atoms with E-state index in [1.165, 1.54) is 31.2 Å². The van der Waals surface area contributed by atoms with Crippen molar-refractivity contribution >= 4 is 70.2 Å². The summed E-state index contributed by atoms with van der Waals surface area (Å²) in [5.41, 5.74) is 8.12. The third kappa shape index (κ3) is 18.3. The number of fused-ring (bicyclic) bond motifs is 1. The van der Waals surface area contributed by atoms with Crippen LogP contribution in [0, 0.1) is 11.8 Å². The van der Waals surface area contributed by atoms with Crippen LogP contribution in [0.3, 0.4) is 0 Å². The fourth-order valence-electron chi connectivity index (χ4n) is 7.90. The van der Waals surface area contributed by atoms with E-state index in [4.69, 9.17) is 10.8 Å². The van der Waals surface area contributed by atoms with Gasteiger partial charge in [-0.1, -0.05) is 94.8 Å². The molecule has 0 bridgehead atoms. The molecule has 3 aromatic carbocycles. The Hall–Kier alpha value is -8.34. The Kier molecular flexibility index (Phi) is 22.3. The van der Waals surface area contributed by atoms with E-state index in [-0.39, 0.29) is 25.0 Å². The first kappa shape index (κ1) is 59.2. The number of carbonyl (C=O) groups is 10. The second-order valence-corrected chi connectivity index (χ2v) is 18.7. The number of carbonyl (C=O) groups excluding carboxylic acids is 7. The third-order valence-electron chi connectivity index (χ3n) is 12.4. The molecule has 23 nitrogen and oxygen atoms in total. The summed E-state index contributed by atoms with van der Waals surface area (Å²) >= 11 is 0. The Morgan fingerprint density at radius 3 is 1.64 bits per heavy atom. The summed E-state index contributed by atoms with van der Waals surface area (Å²) in [6, 6.07) is 9.76. The molecule has 0 spiro atoms. The maximum atomic E-state index is 14.4. The van der Waals surface area contributed by atoms with E-state index in [0.29, 0.717) is 23.1 Å². The normalized spacial score (nSPS) is 14.8. The lowest BCUT2D eigenvalue weighted by molar-refractivity contribution is -0.142. The van der Waals surface area contributed by atoms with Gasteiger partial charge in [-0.2, -0.15) is 0 Å². The van der Waals surface area contributed by atoms with Crippen molar-refractivity contribution in [1.82, 2.24) is 42.2 Å². The molecule has 4 aromatic rings. The van der Waals surface area contributed by atoms with Crippen LogP contribution < -0.4 is 43.0 Å². The minimum absolute atomic E-state index is 0.0800. The highest BCUT2D eigenvalue weighted by Crippen LogP contribution is 2.20. The molecule has 404 valence electrons. The number of amides is 7. The monoisotopic (exact) mass is 1040 g/mol. The highest BCUT2D eigenvalue weighted by Gasteiger charge is 2.36. The minimum Gasteiger partial charge on any atom is -0.508 e. The van der Waals surface area contributed by atoms with Crippen LogP contribution in [-0.2, 0) is 67.2 Å². The zero-order chi connectivity index (χ0) is 55.5. The quantitative estimate of drug-likeness (QED) is 0.0357. The molecule has 4 rings (SSSR count). The predicted octanol–water partition coefficient (Wildman–Crippen LogP) is 0.768. The van der Waals surface area contributed by atoms with Gasteiger partial charge in [0, 0.05) is 42.8 Å². The number of benzene rings is 3. The van der Waals surface area contributed by atoms with Crippen molar-refractivity contribution in [2.75, 3.05) is 0 Å². The van der Waals surface area contributed by atoms with Crippen molar-refractivity contribution in [3.05, 3.63) is 102 Å². The maximum absolute atomic E-state index is 14.4. The fourth-order valence-corrected chi connectivity index (χ4v) is 7.90. The zero-order valence-electron chi connectivity index (χ0n) is 42.3. The molecule has 14 N–H and O–H groups in total. The van der Waals surface area contributed by atoms with Crippen molar-refractivity contribution in [2.24, 2.45) is 17.6 Å². The summed E-state index contributed by atoms with van der Waals surface area (Å²) < 4.78 is 0. The standard InChI is InChI=1S/C52H67N9O14/c1-6-28(4)44(51(73)59-40(52(74)75)24-32-26-54-36-15-11-10-14-34(32)36)61-45(67)29(5)55-47(69)37(20-21-41(63)64)56-48(70)38(22-30-12-8-7-9-13-30)57-49(71)39(23-31-16-18-33(62)19-17-31)58-50(72)43(27(2)3)60-46(68)35(53)25-42(65)66/h7-19,26-29,35,37-40,43-44,54,62H,6,20-25,53H2,1-5H3,(H,55,69)(H,56,70)(H,57,71)(H,58,72)(H,59,73)(H,60,68)(H,61,67)(H,63,64)(H,65,66)(H,74,75)/t28-,29-,35-,37-,38-,39-,40-,43-,44-/m0/s1. The van der Waals surface area contributed by atoms with Crippen LogP contribution in [0.4, 0.5) is 0 Å². The molecule has 0 fully saturated rings. The number of aliphatic carboxylic acids is 3. The van der Waals surface area contributed by atoms with Gasteiger partial charge in [-0.05, 0) is 60.1 Å². The number of aromatic hydroxyl groups is 1. The highest BCUT2D eigenvalue weighted by atomic mass is 16.4. The maximum Gasteiger partial charge on any atom is 0.326 e. The topological polar surface area (TPSA) is 378 Å². The van der Waals surface area contributed by atoms with E-state index >= 15 is 0 Å². The second-order valence-electron chi connectivity index (χ2n) is 18.7. The molecule has 0 radical (unpaired) electrons. The third-order valence-corrected chi connectivity index (χ3v) is 12.4. The Morgan fingerprint density at radius 2 is 1.07 bits per heavy atom. The Morgan fingerprint density at radius 1 is 0.547 bits per heavy atom. The number of nitrogens with two attached hydrogens (primary N) is 1. The first-order valence-corrected chi connectivity index (χ1v) is 24.4. The first-order chi connectivity index (χ1) is 35.5. The number of aromatic amines is 1. The molecular formula is C52H67N9O14. The van der Waals surface area contributed by atoms with Gasteiger partial charge in [-0.15, -0.1) is 0 Å². The zero-order valence-corrected chi connectivity index (χ0v) is 42.3. The van der Waals surface area contributed by atoms with E-state index < -0.39 is 139 Å². The number of nitrogens with one attached hydrogen (secondary N) is 8. The molecule has 0 aliphatic rings. The molecule has 0 saturated carbocycles. The van der Waals surface area contributed by atoms with Crippen LogP contribution in [0.15, 0.2) is 85.1 Å². The number of para-hydroxylation sites is 1. The second kappa shape index (κ2) is 28.2. The van der Waals surface area contributed by atoms with Gasteiger partial charge in [0.1, 0.15) is 48.0 Å². The van der Waals surface area contributed by atoms with Crippen LogP contribution in [0.1, 0.15) is 77.0 Å². The molecule has 1 aromatic heterocycles. The molecule has 9 atom stereocenters. The van der Waals surface area contributed by atoms with Gasteiger partial charge in [0.2, 0.25) is 41.4 Å². The van der Waals surface area contributed by atoms with Crippen LogP contribution in [0.25, 0.3) is 10.9 Å². The number of carboxylic acid groups (broad SMARTS) is 3. The van der Waals surface area contributed by atoms with Crippen LogP contribution in [0.2, 0.25) is 0 Å². The number of aromatic nitrogens is 1. The summed E-state index contributed by atoms with van der Waals surface area (Å²) in [5, 5.41) is 57.3. The van der Waals surface area contributed by atoms with E-state index in [9.17, 15) is 63.3 Å². The molecule has 0 aliphatic carbocycles. The van der Waals surface area contributed by atoms with Gasteiger partial charge < -0.3 is 68.4 Å². The minimum atomic E-state index is -1.62. The average molecular weight is 1040 g/mol. The SMILES string of the molecule is CC[C@H](C)[C@H](NC(=O)[C@H](C)NC(=O)[C@H](CCC(=O)O)NC(=O)[C@H](Cc1ccccc1)NC(=O)[C@H](Cc1ccc(O)cc1)NC(=O)[C@@H](NC(=O)[C@@H](N)CC(=O)O)C(C)C)C(=O)N[C@@H](Cc1c[nH]c2ccccc12)C(=O)O. The number of hydrogen-bond acceptors (Lipinski definition) is 12. The molecule has 23 heteroatoms. The Labute approximate surface area is 432 Å². The van der Waals surface area contributed by atoms with Gasteiger partial charge in [0.15, 0.2) is 0 Å².